The summed E-state index contributed by atoms with van der Waals surface area (Å²) in [5, 5.41) is 24.5. The standard InChI is InChI=1S/C20H26F4N2O6S/c1-10(20(22,23)24)31-15-7-11(6-13(21)16(15)26(29)30)5-12-8-33-9-14(17(12)27)25-18(28)32-19(2,3)4/h6-7,10,12,14,17,27H,5,8-9H2,1-4H3,(H,25,28)/t10-,12+,14-,17-/m0/s1. The van der Waals surface area contributed by atoms with Crippen molar-refractivity contribution in [2.75, 3.05) is 11.5 Å². The maximum atomic E-state index is 14.4. The minimum atomic E-state index is -4.81. The van der Waals surface area contributed by atoms with Crippen molar-refractivity contribution in [3.63, 3.8) is 0 Å². The summed E-state index contributed by atoms with van der Waals surface area (Å²) in [6, 6.07) is 1.14. The summed E-state index contributed by atoms with van der Waals surface area (Å²) in [6.07, 6.45) is -8.99. The van der Waals surface area contributed by atoms with Crippen molar-refractivity contribution in [2.45, 2.75) is 64.1 Å². The van der Waals surface area contributed by atoms with Crippen molar-refractivity contribution in [3.8, 4) is 5.75 Å². The average molecular weight is 498 g/mol. The van der Waals surface area contributed by atoms with Gasteiger partial charge >= 0.3 is 18.0 Å². The van der Waals surface area contributed by atoms with E-state index in [0.29, 0.717) is 18.4 Å². The fourth-order valence-corrected chi connectivity index (χ4v) is 4.50. The molecule has 1 saturated heterocycles. The highest BCUT2D eigenvalue weighted by molar-refractivity contribution is 7.99. The number of alkyl halides is 3. The van der Waals surface area contributed by atoms with E-state index in [1.165, 1.54) is 11.8 Å². The Morgan fingerprint density at radius 2 is 1.97 bits per heavy atom. The summed E-state index contributed by atoms with van der Waals surface area (Å²) in [4.78, 5) is 22.1. The molecule has 0 spiro atoms. The van der Waals surface area contributed by atoms with Gasteiger partial charge in [-0.25, -0.2) is 4.79 Å². The fraction of sp³-hybridized carbons (Fsp3) is 0.650. The van der Waals surface area contributed by atoms with Crippen LogP contribution in [0.15, 0.2) is 12.1 Å². The molecule has 4 atom stereocenters. The van der Waals surface area contributed by atoms with E-state index in [1.807, 2.05) is 0 Å². The molecule has 0 unspecified atom stereocenters. The number of aliphatic hydroxyl groups is 1. The van der Waals surface area contributed by atoms with E-state index in [1.54, 1.807) is 20.8 Å². The third-order valence-corrected chi connectivity index (χ3v) is 6.02. The smallest absolute Gasteiger partial charge is 0.425 e. The number of nitro groups is 1. The molecule has 1 aromatic rings. The number of rotatable bonds is 6. The molecule has 0 aromatic heterocycles. The van der Waals surface area contributed by atoms with Crippen molar-refractivity contribution in [2.24, 2.45) is 5.92 Å². The van der Waals surface area contributed by atoms with Crippen molar-refractivity contribution >= 4 is 23.5 Å². The molecule has 13 heteroatoms. The van der Waals surface area contributed by atoms with Crippen LogP contribution in [0, 0.1) is 21.8 Å². The molecule has 0 aliphatic carbocycles. The summed E-state index contributed by atoms with van der Waals surface area (Å²) in [6.45, 7) is 5.71. The fourth-order valence-electron chi connectivity index (χ4n) is 3.21. The third kappa shape index (κ3) is 7.63. The Labute approximate surface area is 192 Å². The SMILES string of the molecule is C[C@H](Oc1cc(C[C@@H]2CSC[C@H](NC(=O)OC(C)(C)C)[C@H]2O)cc(F)c1[N+](=O)[O-])C(F)(F)F. The van der Waals surface area contributed by atoms with Crippen LogP contribution in [0.1, 0.15) is 33.3 Å². The minimum absolute atomic E-state index is 0.00760. The number of amides is 1. The lowest BCUT2D eigenvalue weighted by atomic mass is 9.91. The van der Waals surface area contributed by atoms with Crippen LogP contribution in [-0.4, -0.2) is 57.7 Å². The molecule has 0 radical (unpaired) electrons. The number of carbonyl (C=O) groups excluding carboxylic acids is 1. The first kappa shape index (κ1) is 27.0. The second-order valence-corrected chi connectivity index (χ2v) is 9.80. The molecule has 8 nitrogen and oxygen atoms in total. The van der Waals surface area contributed by atoms with Crippen LogP contribution in [0.3, 0.4) is 0 Å². The molecule has 1 aliphatic heterocycles. The van der Waals surface area contributed by atoms with Gasteiger partial charge in [-0.05, 0) is 63.5 Å². The normalized spacial score (nSPS) is 22.4. The zero-order valence-electron chi connectivity index (χ0n) is 18.4. The second kappa shape index (κ2) is 10.3. The van der Waals surface area contributed by atoms with Gasteiger partial charge in [0, 0.05) is 5.75 Å². The summed E-state index contributed by atoms with van der Waals surface area (Å²) in [7, 11) is 0. The highest BCUT2D eigenvalue weighted by Gasteiger charge is 2.40. The second-order valence-electron chi connectivity index (χ2n) is 8.73. The first-order chi connectivity index (χ1) is 15.1. The Bertz CT molecular complexity index is 877. The molecular weight excluding hydrogens is 472 g/mol. The number of nitrogens with one attached hydrogen (secondary N) is 1. The van der Waals surface area contributed by atoms with Crippen LogP contribution in [0.4, 0.5) is 28.0 Å². The molecule has 186 valence electrons. The number of alkyl carbamates (subject to hydrolysis) is 1. The molecule has 2 rings (SSSR count). The highest BCUT2D eigenvalue weighted by Crippen LogP contribution is 2.36. The summed E-state index contributed by atoms with van der Waals surface area (Å²) in [5.41, 5.74) is -1.82. The van der Waals surface area contributed by atoms with Gasteiger partial charge in [-0.2, -0.15) is 29.3 Å². The van der Waals surface area contributed by atoms with Crippen LogP contribution >= 0.6 is 11.8 Å². The number of aliphatic hydroxyl groups excluding tert-OH is 1. The minimum Gasteiger partial charge on any atom is -0.474 e. The predicted molar refractivity (Wildman–Crippen MR) is 113 cm³/mol. The van der Waals surface area contributed by atoms with Crippen LogP contribution in [-0.2, 0) is 11.2 Å². The van der Waals surface area contributed by atoms with E-state index in [4.69, 9.17) is 4.74 Å². The van der Waals surface area contributed by atoms with Gasteiger partial charge < -0.3 is 19.9 Å². The van der Waals surface area contributed by atoms with Gasteiger partial charge in [0.15, 0.2) is 6.10 Å². The summed E-state index contributed by atoms with van der Waals surface area (Å²) < 4.78 is 62.9. The Balaban J connectivity index is 2.21. The Morgan fingerprint density at radius 3 is 2.52 bits per heavy atom. The maximum Gasteiger partial charge on any atom is 0.425 e. The van der Waals surface area contributed by atoms with E-state index < -0.39 is 64.2 Å². The van der Waals surface area contributed by atoms with Gasteiger partial charge in [0.2, 0.25) is 11.6 Å². The molecule has 1 fully saturated rings. The van der Waals surface area contributed by atoms with E-state index in [0.717, 1.165) is 12.1 Å². The number of benzene rings is 1. The van der Waals surface area contributed by atoms with E-state index >= 15 is 0 Å². The van der Waals surface area contributed by atoms with E-state index in [9.17, 15) is 37.6 Å². The lowest BCUT2D eigenvalue weighted by Gasteiger charge is -2.35. The molecule has 1 aliphatic rings. The van der Waals surface area contributed by atoms with Gasteiger partial charge in [-0.1, -0.05) is 0 Å². The largest absolute Gasteiger partial charge is 0.474 e. The summed E-state index contributed by atoms with van der Waals surface area (Å²) >= 11 is 1.41. The van der Waals surface area contributed by atoms with Crippen LogP contribution in [0.5, 0.6) is 5.75 Å². The number of carbonyl (C=O) groups is 1. The lowest BCUT2D eigenvalue weighted by Crippen LogP contribution is -2.52. The van der Waals surface area contributed by atoms with Gasteiger partial charge in [0.1, 0.15) is 5.60 Å². The molecule has 1 aromatic carbocycles. The van der Waals surface area contributed by atoms with E-state index in [-0.39, 0.29) is 12.0 Å². The van der Waals surface area contributed by atoms with E-state index in [2.05, 4.69) is 10.1 Å². The average Bonchev–Trinajstić information content (AvgIpc) is 2.62. The lowest BCUT2D eigenvalue weighted by molar-refractivity contribution is -0.389. The number of hydrogen-bond acceptors (Lipinski definition) is 7. The first-order valence-corrected chi connectivity index (χ1v) is 11.2. The topological polar surface area (TPSA) is 111 Å². The Kier molecular flexibility index (Phi) is 8.44. The number of nitro benzene ring substituents is 1. The molecule has 1 amide bonds. The van der Waals surface area contributed by atoms with Crippen LogP contribution in [0.25, 0.3) is 0 Å². The quantitative estimate of drug-likeness (QED) is 0.343. The maximum absolute atomic E-state index is 14.4. The number of nitrogens with zero attached hydrogens (tertiary/aromatic N) is 1. The number of halogens is 4. The van der Waals surface area contributed by atoms with Crippen molar-refractivity contribution in [1.82, 2.24) is 5.32 Å². The third-order valence-electron chi connectivity index (χ3n) is 4.76. The molecule has 0 saturated carbocycles. The first-order valence-electron chi connectivity index (χ1n) is 10.0. The number of ether oxygens (including phenoxy) is 2. The molecule has 1 heterocycles. The van der Waals surface area contributed by atoms with Gasteiger partial charge in [0.25, 0.3) is 0 Å². The highest BCUT2D eigenvalue weighted by atomic mass is 32.2. The van der Waals surface area contributed by atoms with Crippen LogP contribution in [0.2, 0.25) is 0 Å². The Hall–Kier alpha value is -2.28. The van der Waals surface area contributed by atoms with Crippen molar-refractivity contribution in [1.29, 1.82) is 0 Å². The number of thioether (sulfide) groups is 1. The monoisotopic (exact) mass is 498 g/mol. The van der Waals surface area contributed by atoms with Gasteiger partial charge in [-0.15, -0.1) is 0 Å². The van der Waals surface area contributed by atoms with Gasteiger partial charge in [-0.3, -0.25) is 10.1 Å². The van der Waals surface area contributed by atoms with Crippen molar-refractivity contribution in [3.05, 3.63) is 33.6 Å². The Morgan fingerprint density at radius 1 is 1.33 bits per heavy atom. The molecule has 2 N–H and O–H groups in total. The summed E-state index contributed by atoms with van der Waals surface area (Å²) in [5.74, 6) is -1.90. The zero-order chi connectivity index (χ0) is 25.1. The van der Waals surface area contributed by atoms with Gasteiger partial charge in [0.05, 0.1) is 17.1 Å². The predicted octanol–water partition coefficient (Wildman–Crippen LogP) is 4.22. The molecule has 33 heavy (non-hydrogen) atoms. The zero-order valence-corrected chi connectivity index (χ0v) is 19.3. The molecule has 0 bridgehead atoms. The molecular formula is C20H26F4N2O6S. The van der Waals surface area contributed by atoms with Crippen LogP contribution < -0.4 is 10.1 Å². The van der Waals surface area contributed by atoms with Crippen molar-refractivity contribution < 1.29 is 41.9 Å². The number of hydrogen-bond donors (Lipinski definition) is 2.